The normalized spacial score (nSPS) is 27.2. The van der Waals surface area contributed by atoms with Gasteiger partial charge in [0.1, 0.15) is 5.75 Å². The quantitative estimate of drug-likeness (QED) is 0.895. The van der Waals surface area contributed by atoms with Gasteiger partial charge in [0.2, 0.25) is 5.91 Å². The maximum Gasteiger partial charge on any atom is 0.227 e. The van der Waals surface area contributed by atoms with Gasteiger partial charge in [0.05, 0.1) is 25.7 Å². The van der Waals surface area contributed by atoms with Crippen LogP contribution in [0.15, 0.2) is 24.3 Å². The van der Waals surface area contributed by atoms with Crippen LogP contribution in [0.2, 0.25) is 0 Å². The molecule has 2 aliphatic heterocycles. The summed E-state index contributed by atoms with van der Waals surface area (Å²) < 4.78 is 11.0. The lowest BCUT2D eigenvalue weighted by atomic mass is 9.89. The van der Waals surface area contributed by atoms with Gasteiger partial charge in [-0.1, -0.05) is 12.1 Å². The van der Waals surface area contributed by atoms with Crippen molar-refractivity contribution in [2.45, 2.75) is 44.8 Å². The number of likely N-dealkylation sites (tertiary alicyclic amines) is 1. The highest BCUT2D eigenvalue weighted by Crippen LogP contribution is 2.30. The monoisotopic (exact) mass is 333 g/mol. The molecule has 0 radical (unpaired) electrons. The maximum absolute atomic E-state index is 12.8. The molecule has 0 bridgehead atoms. The lowest BCUT2D eigenvalue weighted by Crippen LogP contribution is -2.48. The number of amides is 1. The van der Waals surface area contributed by atoms with E-state index in [2.05, 4.69) is 0 Å². The zero-order chi connectivity index (χ0) is 16.9. The molecule has 0 saturated carbocycles. The van der Waals surface area contributed by atoms with E-state index in [4.69, 9.17) is 9.47 Å². The average molecular weight is 333 g/mol. The summed E-state index contributed by atoms with van der Waals surface area (Å²) in [7, 11) is 0. The van der Waals surface area contributed by atoms with E-state index in [0.717, 1.165) is 30.7 Å². The minimum Gasteiger partial charge on any atom is -0.494 e. The van der Waals surface area contributed by atoms with Crippen LogP contribution in [0.1, 0.15) is 31.7 Å². The Hall–Kier alpha value is -1.59. The zero-order valence-corrected chi connectivity index (χ0v) is 14.3. The molecule has 0 aromatic heterocycles. The zero-order valence-electron chi connectivity index (χ0n) is 14.3. The number of hydrogen-bond acceptors (Lipinski definition) is 4. The highest BCUT2D eigenvalue weighted by Gasteiger charge is 2.39. The van der Waals surface area contributed by atoms with E-state index in [9.17, 15) is 9.90 Å². The van der Waals surface area contributed by atoms with E-state index in [1.54, 1.807) is 0 Å². The first kappa shape index (κ1) is 17.2. The number of hydrogen-bond donors (Lipinski definition) is 1. The molecule has 0 unspecified atom stereocenters. The summed E-state index contributed by atoms with van der Waals surface area (Å²) in [6, 6.07) is 7.83. The van der Waals surface area contributed by atoms with Crippen molar-refractivity contribution in [3.8, 4) is 5.75 Å². The third-order valence-corrected chi connectivity index (χ3v) is 5.07. The smallest absolute Gasteiger partial charge is 0.227 e. The van der Waals surface area contributed by atoms with Crippen molar-refractivity contribution in [1.29, 1.82) is 0 Å². The van der Waals surface area contributed by atoms with E-state index in [1.165, 1.54) is 0 Å². The molecule has 0 aliphatic carbocycles. The molecular weight excluding hydrogens is 306 g/mol. The molecule has 1 aromatic rings. The van der Waals surface area contributed by atoms with Crippen molar-refractivity contribution < 1.29 is 19.4 Å². The summed E-state index contributed by atoms with van der Waals surface area (Å²) in [6.07, 6.45) is 2.67. The molecule has 3 atom stereocenters. The van der Waals surface area contributed by atoms with Crippen molar-refractivity contribution in [2.24, 2.45) is 5.92 Å². The fraction of sp³-hybridized carbons (Fsp3) is 0.632. The van der Waals surface area contributed by atoms with E-state index in [0.29, 0.717) is 32.7 Å². The molecule has 2 fully saturated rings. The van der Waals surface area contributed by atoms with Crippen molar-refractivity contribution in [1.82, 2.24) is 4.90 Å². The summed E-state index contributed by atoms with van der Waals surface area (Å²) in [6.45, 7) is 4.54. The van der Waals surface area contributed by atoms with E-state index in [-0.39, 0.29) is 24.0 Å². The van der Waals surface area contributed by atoms with Gasteiger partial charge in [0.15, 0.2) is 0 Å². The van der Waals surface area contributed by atoms with Crippen LogP contribution in [0.3, 0.4) is 0 Å². The minimum atomic E-state index is -0.359. The van der Waals surface area contributed by atoms with Gasteiger partial charge in [-0.05, 0) is 43.9 Å². The van der Waals surface area contributed by atoms with Gasteiger partial charge in [-0.2, -0.15) is 0 Å². The maximum atomic E-state index is 12.8. The molecule has 2 aliphatic rings. The first-order chi connectivity index (χ1) is 11.7. The Bertz CT molecular complexity index is 545. The molecule has 1 aromatic carbocycles. The van der Waals surface area contributed by atoms with Gasteiger partial charge in [-0.3, -0.25) is 4.79 Å². The Morgan fingerprint density at radius 1 is 1.33 bits per heavy atom. The highest BCUT2D eigenvalue weighted by atomic mass is 16.5. The molecule has 1 N–H and O–H groups in total. The fourth-order valence-electron chi connectivity index (χ4n) is 3.81. The van der Waals surface area contributed by atoms with Crippen LogP contribution < -0.4 is 4.74 Å². The number of aliphatic hydroxyl groups is 1. The Morgan fingerprint density at radius 3 is 2.83 bits per heavy atom. The van der Waals surface area contributed by atoms with Crippen LogP contribution in [0.5, 0.6) is 5.75 Å². The van der Waals surface area contributed by atoms with Crippen LogP contribution in [0.25, 0.3) is 0 Å². The summed E-state index contributed by atoms with van der Waals surface area (Å²) in [5.41, 5.74) is 0.995. The van der Waals surface area contributed by atoms with Crippen LogP contribution in [0, 0.1) is 5.92 Å². The second-order valence-electron chi connectivity index (χ2n) is 6.65. The Labute approximate surface area is 143 Å². The second-order valence-corrected chi connectivity index (χ2v) is 6.65. The average Bonchev–Trinajstić information content (AvgIpc) is 3.07. The third-order valence-electron chi connectivity index (χ3n) is 5.07. The first-order valence-corrected chi connectivity index (χ1v) is 8.96. The van der Waals surface area contributed by atoms with Crippen LogP contribution in [0.4, 0.5) is 0 Å². The van der Waals surface area contributed by atoms with E-state index >= 15 is 0 Å². The van der Waals surface area contributed by atoms with Crippen LogP contribution in [-0.2, 0) is 16.0 Å². The number of carbonyl (C=O) groups is 1. The third kappa shape index (κ3) is 3.90. The molecule has 3 rings (SSSR count). The fourth-order valence-corrected chi connectivity index (χ4v) is 3.81. The Kier molecular flexibility index (Phi) is 5.74. The first-order valence-electron chi connectivity index (χ1n) is 8.96. The molecule has 5 nitrogen and oxygen atoms in total. The number of rotatable bonds is 5. The molecule has 2 heterocycles. The minimum absolute atomic E-state index is 0.0468. The molecule has 0 spiro atoms. The molecule has 132 valence electrons. The van der Waals surface area contributed by atoms with Crippen LogP contribution in [-0.4, -0.2) is 54.4 Å². The van der Waals surface area contributed by atoms with Gasteiger partial charge in [0, 0.05) is 25.1 Å². The molecule has 2 saturated heterocycles. The van der Waals surface area contributed by atoms with Gasteiger partial charge in [0.25, 0.3) is 0 Å². The van der Waals surface area contributed by atoms with Crippen molar-refractivity contribution in [2.75, 3.05) is 26.4 Å². The largest absolute Gasteiger partial charge is 0.494 e. The van der Waals surface area contributed by atoms with Gasteiger partial charge in [-0.25, -0.2) is 0 Å². The van der Waals surface area contributed by atoms with Crippen molar-refractivity contribution in [3.63, 3.8) is 0 Å². The summed E-state index contributed by atoms with van der Waals surface area (Å²) >= 11 is 0. The lowest BCUT2D eigenvalue weighted by Gasteiger charge is -2.37. The summed E-state index contributed by atoms with van der Waals surface area (Å²) in [4.78, 5) is 14.7. The van der Waals surface area contributed by atoms with E-state index in [1.807, 2.05) is 36.1 Å². The van der Waals surface area contributed by atoms with E-state index < -0.39 is 0 Å². The number of carbonyl (C=O) groups excluding carboxylic acids is 1. The number of benzene rings is 1. The highest BCUT2D eigenvalue weighted by molar-refractivity contribution is 5.79. The molecule has 24 heavy (non-hydrogen) atoms. The summed E-state index contributed by atoms with van der Waals surface area (Å²) in [5, 5.41) is 10.3. The SMILES string of the molecule is CCOc1ccc(CC(=O)N2CCC[C@@H]2[C@@H]2COCC[C@H]2O)cc1. The van der Waals surface area contributed by atoms with Gasteiger partial charge < -0.3 is 19.5 Å². The summed E-state index contributed by atoms with van der Waals surface area (Å²) in [5.74, 6) is 1.01. The number of nitrogens with zero attached hydrogens (tertiary/aromatic N) is 1. The Morgan fingerprint density at radius 2 is 2.12 bits per heavy atom. The molecule has 1 amide bonds. The van der Waals surface area contributed by atoms with Crippen molar-refractivity contribution >= 4 is 5.91 Å². The van der Waals surface area contributed by atoms with Crippen molar-refractivity contribution in [3.05, 3.63) is 29.8 Å². The van der Waals surface area contributed by atoms with Gasteiger partial charge in [-0.15, -0.1) is 0 Å². The predicted octanol–water partition coefficient (Wildman–Crippen LogP) is 2.02. The standard InChI is InChI=1S/C19H27NO4/c1-2-24-15-7-5-14(6-8-15)12-19(22)20-10-3-4-17(20)16-13-23-11-9-18(16)21/h5-8,16-18,21H,2-4,9-13H2,1H3/t16-,17+,18+/m0/s1. The Balaban J connectivity index is 1.62. The van der Waals surface area contributed by atoms with Gasteiger partial charge >= 0.3 is 0 Å². The number of ether oxygens (including phenoxy) is 2. The predicted molar refractivity (Wildman–Crippen MR) is 91.0 cm³/mol. The number of aliphatic hydroxyl groups excluding tert-OH is 1. The lowest BCUT2D eigenvalue weighted by molar-refractivity contribution is -0.135. The molecular formula is C19H27NO4. The van der Waals surface area contributed by atoms with Crippen LogP contribution >= 0.6 is 0 Å². The molecule has 5 heteroatoms. The topological polar surface area (TPSA) is 59.0 Å². The second kappa shape index (κ2) is 7.99.